The number of ether oxygens (including phenoxy) is 1. The molecule has 100 valence electrons. The summed E-state index contributed by atoms with van der Waals surface area (Å²) in [6.45, 7) is 5.17. The third kappa shape index (κ3) is 3.13. The first-order chi connectivity index (χ1) is 8.72. The van der Waals surface area contributed by atoms with Crippen LogP contribution in [0.25, 0.3) is 0 Å². The fraction of sp³-hybridized carbons (Fsp3) is 0.538. The van der Waals surface area contributed by atoms with Crippen LogP contribution in [0.3, 0.4) is 0 Å². The SMILES string of the molecule is COCCN1CCN(c2cccc(Cl)c2F)CC1. The number of benzene rings is 1. The molecule has 0 N–H and O–H groups in total. The summed E-state index contributed by atoms with van der Waals surface area (Å²) in [5.41, 5.74) is 0.605. The highest BCUT2D eigenvalue weighted by Crippen LogP contribution is 2.26. The van der Waals surface area contributed by atoms with Crippen molar-refractivity contribution in [3.8, 4) is 0 Å². The Balaban J connectivity index is 1.95. The van der Waals surface area contributed by atoms with Gasteiger partial charge in [-0.3, -0.25) is 4.90 Å². The summed E-state index contributed by atoms with van der Waals surface area (Å²) in [5, 5.41) is 0.189. The smallest absolute Gasteiger partial charge is 0.165 e. The normalized spacial score (nSPS) is 17.2. The Bertz CT molecular complexity index is 395. The van der Waals surface area contributed by atoms with Crippen LogP contribution in [-0.2, 0) is 4.74 Å². The van der Waals surface area contributed by atoms with Gasteiger partial charge in [0.2, 0.25) is 0 Å². The minimum Gasteiger partial charge on any atom is -0.383 e. The van der Waals surface area contributed by atoms with Gasteiger partial charge in [-0.2, -0.15) is 0 Å². The van der Waals surface area contributed by atoms with Crippen molar-refractivity contribution in [2.45, 2.75) is 0 Å². The third-order valence-electron chi connectivity index (χ3n) is 3.26. The van der Waals surface area contributed by atoms with Gasteiger partial charge in [0.15, 0.2) is 5.82 Å². The number of piperazine rings is 1. The first kappa shape index (κ1) is 13.6. The predicted octanol–water partition coefficient (Wildman–Crippen LogP) is 2.25. The molecule has 1 heterocycles. The van der Waals surface area contributed by atoms with Crippen molar-refractivity contribution >= 4 is 17.3 Å². The lowest BCUT2D eigenvalue weighted by atomic mass is 10.2. The van der Waals surface area contributed by atoms with E-state index in [1.54, 1.807) is 25.3 Å². The van der Waals surface area contributed by atoms with Crippen LogP contribution in [0.15, 0.2) is 18.2 Å². The molecule has 3 nitrogen and oxygen atoms in total. The molecule has 0 atom stereocenters. The molecule has 0 saturated carbocycles. The van der Waals surface area contributed by atoms with Gasteiger partial charge >= 0.3 is 0 Å². The maximum absolute atomic E-state index is 13.9. The molecule has 5 heteroatoms. The van der Waals surface area contributed by atoms with Crippen LogP contribution in [0.1, 0.15) is 0 Å². The molecule has 1 fully saturated rings. The van der Waals surface area contributed by atoms with Crippen molar-refractivity contribution in [3.05, 3.63) is 29.0 Å². The number of anilines is 1. The van der Waals surface area contributed by atoms with E-state index < -0.39 is 0 Å². The van der Waals surface area contributed by atoms with E-state index in [4.69, 9.17) is 16.3 Å². The van der Waals surface area contributed by atoms with Gasteiger partial charge in [0, 0.05) is 39.8 Å². The molecule has 1 saturated heterocycles. The lowest BCUT2D eigenvalue weighted by Crippen LogP contribution is -2.47. The minimum absolute atomic E-state index is 0.189. The van der Waals surface area contributed by atoms with Gasteiger partial charge in [0.25, 0.3) is 0 Å². The monoisotopic (exact) mass is 272 g/mol. The van der Waals surface area contributed by atoms with Gasteiger partial charge in [-0.15, -0.1) is 0 Å². The average Bonchev–Trinajstić information content (AvgIpc) is 2.40. The summed E-state index contributed by atoms with van der Waals surface area (Å²) in [4.78, 5) is 4.37. The van der Waals surface area contributed by atoms with Crippen molar-refractivity contribution in [2.24, 2.45) is 0 Å². The molecule has 0 unspecified atom stereocenters. The van der Waals surface area contributed by atoms with E-state index in [9.17, 15) is 4.39 Å². The Morgan fingerprint density at radius 1 is 1.28 bits per heavy atom. The van der Waals surface area contributed by atoms with E-state index in [2.05, 4.69) is 4.90 Å². The number of hydrogen-bond acceptors (Lipinski definition) is 3. The van der Waals surface area contributed by atoms with E-state index in [0.717, 1.165) is 39.3 Å². The predicted molar refractivity (Wildman–Crippen MR) is 71.9 cm³/mol. The average molecular weight is 273 g/mol. The molecule has 1 aliphatic rings. The minimum atomic E-state index is -0.315. The molecule has 0 bridgehead atoms. The molecule has 0 aromatic heterocycles. The maximum Gasteiger partial charge on any atom is 0.165 e. The van der Waals surface area contributed by atoms with E-state index in [1.807, 2.05) is 4.90 Å². The van der Waals surface area contributed by atoms with Crippen LogP contribution in [0, 0.1) is 5.82 Å². The van der Waals surface area contributed by atoms with E-state index in [-0.39, 0.29) is 10.8 Å². The number of halogens is 2. The van der Waals surface area contributed by atoms with Crippen LogP contribution in [0.4, 0.5) is 10.1 Å². The van der Waals surface area contributed by atoms with Gasteiger partial charge in [-0.05, 0) is 12.1 Å². The highest BCUT2D eigenvalue weighted by Gasteiger charge is 2.19. The summed E-state index contributed by atoms with van der Waals surface area (Å²) < 4.78 is 18.9. The van der Waals surface area contributed by atoms with Crippen LogP contribution in [0.2, 0.25) is 5.02 Å². The molecule has 1 aromatic rings. The Morgan fingerprint density at radius 3 is 2.67 bits per heavy atom. The van der Waals surface area contributed by atoms with Gasteiger partial charge in [-0.25, -0.2) is 4.39 Å². The second-order valence-electron chi connectivity index (χ2n) is 4.39. The summed E-state index contributed by atoms with van der Waals surface area (Å²) >= 11 is 5.80. The summed E-state index contributed by atoms with van der Waals surface area (Å²) in [7, 11) is 1.71. The summed E-state index contributed by atoms with van der Waals surface area (Å²) in [6.07, 6.45) is 0. The zero-order valence-electron chi connectivity index (χ0n) is 10.5. The molecule has 2 rings (SSSR count). The van der Waals surface area contributed by atoms with E-state index >= 15 is 0 Å². The van der Waals surface area contributed by atoms with Crippen molar-refractivity contribution in [1.82, 2.24) is 4.90 Å². The Hall–Kier alpha value is -0.840. The van der Waals surface area contributed by atoms with Crippen LogP contribution in [-0.4, -0.2) is 51.3 Å². The lowest BCUT2D eigenvalue weighted by molar-refractivity contribution is 0.144. The fourth-order valence-electron chi connectivity index (χ4n) is 2.17. The van der Waals surface area contributed by atoms with Crippen molar-refractivity contribution in [2.75, 3.05) is 51.3 Å². The first-order valence-corrected chi connectivity index (χ1v) is 6.50. The van der Waals surface area contributed by atoms with Crippen LogP contribution in [0.5, 0.6) is 0 Å². The molecule has 0 aliphatic carbocycles. The molecule has 1 aliphatic heterocycles. The summed E-state index contributed by atoms with van der Waals surface area (Å²) in [5.74, 6) is -0.315. The van der Waals surface area contributed by atoms with Crippen molar-refractivity contribution < 1.29 is 9.13 Å². The number of nitrogens with zero attached hydrogens (tertiary/aromatic N) is 2. The van der Waals surface area contributed by atoms with Crippen LogP contribution < -0.4 is 4.90 Å². The van der Waals surface area contributed by atoms with Crippen LogP contribution >= 0.6 is 11.6 Å². The topological polar surface area (TPSA) is 15.7 Å². The van der Waals surface area contributed by atoms with E-state index in [0.29, 0.717) is 5.69 Å². The second-order valence-corrected chi connectivity index (χ2v) is 4.80. The highest BCUT2D eigenvalue weighted by atomic mass is 35.5. The standard InChI is InChI=1S/C13H18ClFN2O/c1-18-10-9-16-5-7-17(8-6-16)12-4-2-3-11(14)13(12)15/h2-4H,5-10H2,1H3. The highest BCUT2D eigenvalue weighted by molar-refractivity contribution is 6.31. The number of methoxy groups -OCH3 is 1. The zero-order chi connectivity index (χ0) is 13.0. The lowest BCUT2D eigenvalue weighted by Gasteiger charge is -2.36. The maximum atomic E-state index is 13.9. The molecule has 0 amide bonds. The van der Waals surface area contributed by atoms with Gasteiger partial charge in [0.05, 0.1) is 17.3 Å². The zero-order valence-corrected chi connectivity index (χ0v) is 11.3. The molecular formula is C13H18ClFN2O. The third-order valence-corrected chi connectivity index (χ3v) is 3.55. The van der Waals surface area contributed by atoms with Gasteiger partial charge in [-0.1, -0.05) is 17.7 Å². The van der Waals surface area contributed by atoms with Crippen molar-refractivity contribution in [1.29, 1.82) is 0 Å². The molecular weight excluding hydrogens is 255 g/mol. The molecule has 18 heavy (non-hydrogen) atoms. The first-order valence-electron chi connectivity index (χ1n) is 6.12. The largest absolute Gasteiger partial charge is 0.383 e. The Kier molecular flexibility index (Phi) is 4.80. The van der Waals surface area contributed by atoms with Gasteiger partial charge < -0.3 is 9.64 Å². The Morgan fingerprint density at radius 2 is 2.00 bits per heavy atom. The second kappa shape index (κ2) is 6.36. The fourth-order valence-corrected chi connectivity index (χ4v) is 2.34. The van der Waals surface area contributed by atoms with E-state index in [1.165, 1.54) is 0 Å². The molecule has 0 radical (unpaired) electrons. The number of hydrogen-bond donors (Lipinski definition) is 0. The molecule has 1 aromatic carbocycles. The summed E-state index contributed by atoms with van der Waals surface area (Å²) in [6, 6.07) is 5.15. The van der Waals surface area contributed by atoms with Crippen molar-refractivity contribution in [3.63, 3.8) is 0 Å². The van der Waals surface area contributed by atoms with Gasteiger partial charge in [0.1, 0.15) is 0 Å². The number of rotatable bonds is 4. The Labute approximate surface area is 112 Å². The molecule has 0 spiro atoms. The quantitative estimate of drug-likeness (QED) is 0.836.